The molecule has 1 saturated heterocycles. The Morgan fingerprint density at radius 2 is 2.00 bits per heavy atom. The lowest BCUT2D eigenvalue weighted by Crippen LogP contribution is -2.42. The molecule has 1 aromatic rings. The third-order valence-corrected chi connectivity index (χ3v) is 3.11. The Bertz CT molecular complexity index is 397. The van der Waals surface area contributed by atoms with Gasteiger partial charge in [-0.2, -0.15) is 13.2 Å². The van der Waals surface area contributed by atoms with Crippen molar-refractivity contribution in [3.63, 3.8) is 0 Å². The molecular formula is C13H17F3N2O. The van der Waals surface area contributed by atoms with E-state index in [1.807, 2.05) is 13.0 Å². The monoisotopic (exact) mass is 274 g/mol. The number of ether oxygens (including phenoxy) is 1. The Hall–Kier alpha value is -1.30. The van der Waals surface area contributed by atoms with Crippen molar-refractivity contribution in [2.24, 2.45) is 0 Å². The average molecular weight is 274 g/mol. The number of pyridine rings is 1. The number of nitrogens with zero attached hydrogens (tertiary/aromatic N) is 2. The van der Waals surface area contributed by atoms with Crippen LogP contribution in [0, 0.1) is 6.92 Å². The average Bonchev–Trinajstić information content (AvgIpc) is 2.33. The predicted molar refractivity (Wildman–Crippen MR) is 65.1 cm³/mol. The Morgan fingerprint density at radius 1 is 1.32 bits per heavy atom. The van der Waals surface area contributed by atoms with Crippen molar-refractivity contribution < 1.29 is 17.9 Å². The number of halogens is 3. The zero-order valence-corrected chi connectivity index (χ0v) is 10.8. The van der Waals surface area contributed by atoms with E-state index in [0.717, 1.165) is 5.56 Å². The highest BCUT2D eigenvalue weighted by atomic mass is 19.4. The minimum absolute atomic E-state index is 0.0420. The van der Waals surface area contributed by atoms with Crippen molar-refractivity contribution in [3.05, 3.63) is 23.9 Å². The van der Waals surface area contributed by atoms with Crippen LogP contribution in [0.3, 0.4) is 0 Å². The molecule has 1 aliphatic rings. The van der Waals surface area contributed by atoms with Crippen LogP contribution in [0.15, 0.2) is 18.3 Å². The maximum Gasteiger partial charge on any atom is 0.401 e. The lowest BCUT2D eigenvalue weighted by molar-refractivity contribution is -0.149. The van der Waals surface area contributed by atoms with Gasteiger partial charge in [-0.3, -0.25) is 4.90 Å². The number of piperidine rings is 1. The summed E-state index contributed by atoms with van der Waals surface area (Å²) >= 11 is 0. The van der Waals surface area contributed by atoms with E-state index in [9.17, 15) is 13.2 Å². The Kier molecular flexibility index (Phi) is 4.29. The fourth-order valence-corrected chi connectivity index (χ4v) is 2.13. The fourth-order valence-electron chi connectivity index (χ4n) is 2.13. The SMILES string of the molecule is Cc1ccc(OC2CCN(CC(F)(F)F)CC2)nc1. The number of aromatic nitrogens is 1. The molecule has 2 rings (SSSR count). The zero-order chi connectivity index (χ0) is 13.9. The maximum atomic E-state index is 12.2. The van der Waals surface area contributed by atoms with Gasteiger partial charge < -0.3 is 4.74 Å². The third-order valence-electron chi connectivity index (χ3n) is 3.11. The van der Waals surface area contributed by atoms with Gasteiger partial charge in [-0.05, 0) is 25.3 Å². The van der Waals surface area contributed by atoms with Crippen molar-refractivity contribution >= 4 is 0 Å². The highest BCUT2D eigenvalue weighted by Crippen LogP contribution is 2.21. The first-order valence-electron chi connectivity index (χ1n) is 6.31. The summed E-state index contributed by atoms with van der Waals surface area (Å²) in [6.07, 6.45) is -1.24. The lowest BCUT2D eigenvalue weighted by atomic mass is 10.1. The Labute approximate surface area is 110 Å². The molecule has 19 heavy (non-hydrogen) atoms. The van der Waals surface area contributed by atoms with Crippen LogP contribution in [0.5, 0.6) is 5.88 Å². The number of likely N-dealkylation sites (tertiary alicyclic amines) is 1. The van der Waals surface area contributed by atoms with Gasteiger partial charge in [-0.15, -0.1) is 0 Å². The van der Waals surface area contributed by atoms with Gasteiger partial charge in [0.05, 0.1) is 6.54 Å². The first-order chi connectivity index (χ1) is 8.92. The number of aryl methyl sites for hydroxylation is 1. The first-order valence-corrected chi connectivity index (χ1v) is 6.31. The molecule has 0 amide bonds. The van der Waals surface area contributed by atoms with E-state index >= 15 is 0 Å². The van der Waals surface area contributed by atoms with Crippen LogP contribution in [-0.4, -0.2) is 41.8 Å². The summed E-state index contributed by atoms with van der Waals surface area (Å²) in [6.45, 7) is 1.93. The van der Waals surface area contributed by atoms with Crippen LogP contribution >= 0.6 is 0 Å². The molecule has 0 radical (unpaired) electrons. The second kappa shape index (κ2) is 5.77. The Balaban J connectivity index is 1.79. The van der Waals surface area contributed by atoms with Gasteiger partial charge in [-0.1, -0.05) is 6.07 Å². The van der Waals surface area contributed by atoms with Gasteiger partial charge in [0.15, 0.2) is 0 Å². The molecule has 106 valence electrons. The summed E-state index contributed by atoms with van der Waals surface area (Å²) < 4.78 is 42.4. The minimum atomic E-state index is -4.12. The fraction of sp³-hybridized carbons (Fsp3) is 0.615. The van der Waals surface area contributed by atoms with E-state index < -0.39 is 12.7 Å². The first kappa shape index (κ1) is 14.1. The molecule has 6 heteroatoms. The molecular weight excluding hydrogens is 257 g/mol. The van der Waals surface area contributed by atoms with Gasteiger partial charge >= 0.3 is 6.18 Å². The molecule has 1 fully saturated rings. The summed E-state index contributed by atoms with van der Waals surface area (Å²) in [7, 11) is 0. The van der Waals surface area contributed by atoms with E-state index in [0.29, 0.717) is 31.8 Å². The van der Waals surface area contributed by atoms with Crippen molar-refractivity contribution in [2.45, 2.75) is 32.0 Å². The highest BCUT2D eigenvalue weighted by Gasteiger charge is 2.32. The number of hydrogen-bond donors (Lipinski definition) is 0. The smallest absolute Gasteiger partial charge is 0.401 e. The summed E-state index contributed by atoms with van der Waals surface area (Å²) in [5.41, 5.74) is 1.05. The molecule has 0 spiro atoms. The second-order valence-electron chi connectivity index (χ2n) is 4.88. The van der Waals surface area contributed by atoms with Crippen molar-refractivity contribution in [1.29, 1.82) is 0 Å². The van der Waals surface area contributed by atoms with E-state index in [2.05, 4.69) is 4.98 Å². The molecule has 0 saturated carbocycles. The van der Waals surface area contributed by atoms with Crippen LogP contribution in [0.4, 0.5) is 13.2 Å². The lowest BCUT2D eigenvalue weighted by Gasteiger charge is -2.32. The van der Waals surface area contributed by atoms with Crippen LogP contribution in [-0.2, 0) is 0 Å². The summed E-state index contributed by atoms with van der Waals surface area (Å²) in [6, 6.07) is 3.69. The zero-order valence-electron chi connectivity index (χ0n) is 10.8. The predicted octanol–water partition coefficient (Wildman–Crippen LogP) is 2.80. The summed E-state index contributed by atoms with van der Waals surface area (Å²) in [5.74, 6) is 0.542. The van der Waals surface area contributed by atoms with Gasteiger partial charge in [0, 0.05) is 25.4 Å². The summed E-state index contributed by atoms with van der Waals surface area (Å²) in [5, 5.41) is 0. The standard InChI is InChI=1S/C13H17F3N2O/c1-10-2-3-12(17-8-10)19-11-4-6-18(7-5-11)9-13(14,15)16/h2-3,8,11H,4-7,9H2,1H3. The van der Waals surface area contributed by atoms with Crippen LogP contribution in [0.1, 0.15) is 18.4 Å². The summed E-state index contributed by atoms with van der Waals surface area (Å²) in [4.78, 5) is 5.55. The molecule has 2 heterocycles. The highest BCUT2D eigenvalue weighted by molar-refractivity contribution is 5.16. The number of alkyl halides is 3. The van der Waals surface area contributed by atoms with Crippen LogP contribution < -0.4 is 4.74 Å². The number of hydrogen-bond acceptors (Lipinski definition) is 3. The maximum absolute atomic E-state index is 12.2. The molecule has 0 bridgehead atoms. The molecule has 3 nitrogen and oxygen atoms in total. The molecule has 1 aliphatic heterocycles. The van der Waals surface area contributed by atoms with Crippen molar-refractivity contribution in [3.8, 4) is 5.88 Å². The molecule has 0 aromatic carbocycles. The van der Waals surface area contributed by atoms with Gasteiger partial charge in [0.1, 0.15) is 6.10 Å². The molecule has 0 aliphatic carbocycles. The van der Waals surface area contributed by atoms with E-state index in [-0.39, 0.29) is 6.10 Å². The normalized spacial score (nSPS) is 18.5. The molecule has 0 unspecified atom stereocenters. The van der Waals surface area contributed by atoms with Crippen molar-refractivity contribution in [1.82, 2.24) is 9.88 Å². The van der Waals surface area contributed by atoms with E-state index in [1.165, 1.54) is 4.90 Å². The van der Waals surface area contributed by atoms with E-state index in [4.69, 9.17) is 4.74 Å². The molecule has 0 N–H and O–H groups in total. The van der Waals surface area contributed by atoms with Gasteiger partial charge in [0.25, 0.3) is 0 Å². The van der Waals surface area contributed by atoms with E-state index in [1.54, 1.807) is 12.3 Å². The third kappa shape index (κ3) is 4.70. The largest absolute Gasteiger partial charge is 0.474 e. The number of rotatable bonds is 3. The second-order valence-corrected chi connectivity index (χ2v) is 4.88. The molecule has 1 aromatic heterocycles. The quantitative estimate of drug-likeness (QED) is 0.847. The van der Waals surface area contributed by atoms with Crippen LogP contribution in [0.25, 0.3) is 0 Å². The van der Waals surface area contributed by atoms with Gasteiger partial charge in [0.2, 0.25) is 5.88 Å². The van der Waals surface area contributed by atoms with Crippen LogP contribution in [0.2, 0.25) is 0 Å². The van der Waals surface area contributed by atoms with Gasteiger partial charge in [-0.25, -0.2) is 4.98 Å². The Morgan fingerprint density at radius 3 is 2.53 bits per heavy atom. The molecule has 0 atom stereocenters. The van der Waals surface area contributed by atoms with Crippen molar-refractivity contribution in [2.75, 3.05) is 19.6 Å². The topological polar surface area (TPSA) is 25.4 Å². The minimum Gasteiger partial charge on any atom is -0.474 e.